The quantitative estimate of drug-likeness (QED) is 0.311. The zero-order valence-corrected chi connectivity index (χ0v) is 25.1. The number of likely N-dealkylation sites (N-methyl/N-ethyl adjacent to an activating group) is 1. The van der Waals surface area contributed by atoms with E-state index < -0.39 is 5.54 Å². The van der Waals surface area contributed by atoms with Crippen LogP contribution >= 0.6 is 0 Å². The van der Waals surface area contributed by atoms with Crippen LogP contribution in [0.5, 0.6) is 5.75 Å². The second-order valence-electron chi connectivity index (χ2n) is 9.51. The summed E-state index contributed by atoms with van der Waals surface area (Å²) in [5.74, 6) is -0.0460. The van der Waals surface area contributed by atoms with Crippen molar-refractivity contribution in [2.24, 2.45) is 0 Å². The number of para-hydroxylation sites is 1. The fourth-order valence-electron chi connectivity index (χ4n) is 4.29. The summed E-state index contributed by atoms with van der Waals surface area (Å²) in [5, 5.41) is 11.2. The Hall–Kier alpha value is -3.65. The van der Waals surface area contributed by atoms with E-state index in [0.717, 1.165) is 30.7 Å². The maximum absolute atomic E-state index is 12.5. The Morgan fingerprint density at radius 2 is 1.60 bits per heavy atom. The van der Waals surface area contributed by atoms with Crippen molar-refractivity contribution < 1.29 is 19.1 Å². The van der Waals surface area contributed by atoms with Crippen LogP contribution in [0.1, 0.15) is 63.1 Å². The molecule has 220 valence electrons. The largest absolute Gasteiger partial charge is 0.492 e. The highest BCUT2D eigenvalue weighted by Crippen LogP contribution is 2.29. The van der Waals surface area contributed by atoms with Gasteiger partial charge in [-0.15, -0.1) is 0 Å². The molecule has 0 spiro atoms. The van der Waals surface area contributed by atoms with Gasteiger partial charge in [-0.25, -0.2) is 0 Å². The van der Waals surface area contributed by atoms with Gasteiger partial charge in [0.25, 0.3) is 0 Å². The van der Waals surface area contributed by atoms with E-state index in [9.17, 15) is 14.4 Å². The molecule has 0 unspecified atom stereocenters. The minimum atomic E-state index is -0.886. The van der Waals surface area contributed by atoms with Crippen molar-refractivity contribution in [3.63, 3.8) is 0 Å². The number of amides is 3. The van der Waals surface area contributed by atoms with Crippen molar-refractivity contribution in [2.45, 2.75) is 65.8 Å². The van der Waals surface area contributed by atoms with Gasteiger partial charge in [0.05, 0.1) is 6.54 Å². The van der Waals surface area contributed by atoms with Crippen molar-refractivity contribution in [1.29, 1.82) is 0 Å². The van der Waals surface area contributed by atoms with E-state index in [0.29, 0.717) is 26.0 Å². The zero-order chi connectivity index (χ0) is 29.8. The average Bonchev–Trinajstić information content (AvgIpc) is 3.41. The Morgan fingerprint density at radius 3 is 2.17 bits per heavy atom. The summed E-state index contributed by atoms with van der Waals surface area (Å²) < 4.78 is 5.73. The first-order valence-electron chi connectivity index (χ1n) is 14.2. The van der Waals surface area contributed by atoms with Crippen molar-refractivity contribution in [3.05, 3.63) is 71.3 Å². The second kappa shape index (κ2) is 19.4. The van der Waals surface area contributed by atoms with Crippen molar-refractivity contribution in [2.75, 3.05) is 33.3 Å². The van der Waals surface area contributed by atoms with Crippen LogP contribution in [0.15, 0.2) is 54.6 Å². The molecular formula is C32H48N4O4. The third-order valence-electron chi connectivity index (χ3n) is 6.13. The standard InChI is InChI=1S/C22H32N4O4.C8H10.C2H6/c1-17(27)26-22(11-5-6-12-22)21(29)25-16-20(28)24-13-7-9-18-8-3-4-10-19(18)30-15-14-23-2;1-7-4-3-5-8(2)6-7;1-2/h3-4,7-10,23H,5-6,11-16H2,1-2H3,(H,24,28)(H,25,29)(H,26,27);3-6H,1-2H3;1-2H3/b9-7+;;. The SMILES string of the molecule is CC.CNCCOc1ccccc1/C=C/CNC(=O)CNC(=O)C1(NC(C)=O)CCCC1.Cc1cccc(C)c1. The molecular weight excluding hydrogens is 504 g/mol. The van der Waals surface area contributed by atoms with Crippen molar-refractivity contribution >= 4 is 23.8 Å². The van der Waals surface area contributed by atoms with Crippen LogP contribution in [-0.4, -0.2) is 56.5 Å². The molecule has 1 fully saturated rings. The highest BCUT2D eigenvalue weighted by atomic mass is 16.5. The monoisotopic (exact) mass is 552 g/mol. The van der Waals surface area contributed by atoms with E-state index in [1.165, 1.54) is 18.1 Å². The summed E-state index contributed by atoms with van der Waals surface area (Å²) in [5.41, 5.74) is 2.72. The lowest BCUT2D eigenvalue weighted by molar-refractivity contribution is -0.133. The highest BCUT2D eigenvalue weighted by molar-refractivity contribution is 5.93. The minimum absolute atomic E-state index is 0.127. The molecule has 2 aromatic carbocycles. The lowest BCUT2D eigenvalue weighted by atomic mass is 9.96. The Morgan fingerprint density at radius 1 is 0.950 bits per heavy atom. The van der Waals surface area contributed by atoms with Crippen LogP contribution in [0, 0.1) is 13.8 Å². The molecule has 3 rings (SSSR count). The van der Waals surface area contributed by atoms with E-state index >= 15 is 0 Å². The summed E-state index contributed by atoms with van der Waals surface area (Å²) in [6.45, 7) is 11.1. The van der Waals surface area contributed by atoms with Crippen LogP contribution < -0.4 is 26.0 Å². The van der Waals surface area contributed by atoms with Gasteiger partial charge >= 0.3 is 0 Å². The molecule has 0 aliphatic heterocycles. The van der Waals surface area contributed by atoms with Crippen LogP contribution in [0.2, 0.25) is 0 Å². The molecule has 0 atom stereocenters. The summed E-state index contributed by atoms with van der Waals surface area (Å²) in [6.07, 6.45) is 6.67. The van der Waals surface area contributed by atoms with E-state index in [2.05, 4.69) is 59.4 Å². The Labute approximate surface area is 240 Å². The maximum Gasteiger partial charge on any atom is 0.246 e. The number of hydrogen-bond acceptors (Lipinski definition) is 5. The van der Waals surface area contributed by atoms with Gasteiger partial charge in [-0.3, -0.25) is 14.4 Å². The fraction of sp³-hybridized carbons (Fsp3) is 0.469. The number of carbonyl (C=O) groups is 3. The lowest BCUT2D eigenvalue weighted by Gasteiger charge is -2.28. The number of aryl methyl sites for hydroxylation is 2. The van der Waals surface area contributed by atoms with Gasteiger partial charge in [0, 0.05) is 25.6 Å². The Kier molecular flexibility index (Phi) is 16.7. The van der Waals surface area contributed by atoms with Crippen molar-refractivity contribution in [3.8, 4) is 5.75 Å². The van der Waals surface area contributed by atoms with Gasteiger partial charge in [0.2, 0.25) is 17.7 Å². The van der Waals surface area contributed by atoms with Crippen LogP contribution in [0.4, 0.5) is 0 Å². The molecule has 8 heteroatoms. The van der Waals surface area contributed by atoms with Gasteiger partial charge in [-0.2, -0.15) is 0 Å². The highest BCUT2D eigenvalue weighted by Gasteiger charge is 2.41. The Bertz CT molecular complexity index is 1060. The number of carbonyl (C=O) groups excluding carboxylic acids is 3. The number of ether oxygens (including phenoxy) is 1. The number of hydrogen-bond donors (Lipinski definition) is 4. The van der Waals surface area contributed by atoms with E-state index in [1.807, 2.05) is 57.3 Å². The molecule has 4 N–H and O–H groups in total. The molecule has 3 amide bonds. The van der Waals surface area contributed by atoms with E-state index in [-0.39, 0.29) is 24.3 Å². The Balaban J connectivity index is 0.000000675. The normalized spacial score (nSPS) is 13.2. The number of nitrogens with one attached hydrogen (secondary N) is 4. The van der Waals surface area contributed by atoms with E-state index in [4.69, 9.17) is 4.74 Å². The summed E-state index contributed by atoms with van der Waals surface area (Å²) in [4.78, 5) is 36.0. The first-order valence-corrected chi connectivity index (χ1v) is 14.2. The number of rotatable bonds is 11. The molecule has 2 aromatic rings. The van der Waals surface area contributed by atoms with Gasteiger partial charge < -0.3 is 26.0 Å². The van der Waals surface area contributed by atoms with E-state index in [1.54, 1.807) is 0 Å². The lowest BCUT2D eigenvalue weighted by Crippen LogP contribution is -2.57. The van der Waals surface area contributed by atoms with Crippen LogP contribution in [0.3, 0.4) is 0 Å². The molecule has 0 saturated heterocycles. The average molecular weight is 553 g/mol. The van der Waals surface area contributed by atoms with Gasteiger partial charge in [-0.05, 0) is 39.8 Å². The predicted octanol–water partition coefficient (Wildman–Crippen LogP) is 4.31. The maximum atomic E-state index is 12.5. The smallest absolute Gasteiger partial charge is 0.246 e. The zero-order valence-electron chi connectivity index (χ0n) is 25.1. The topological polar surface area (TPSA) is 109 Å². The second-order valence-corrected chi connectivity index (χ2v) is 9.51. The van der Waals surface area contributed by atoms with Gasteiger partial charge in [0.15, 0.2) is 0 Å². The van der Waals surface area contributed by atoms with Crippen LogP contribution in [0.25, 0.3) is 6.08 Å². The summed E-state index contributed by atoms with van der Waals surface area (Å²) in [7, 11) is 1.87. The van der Waals surface area contributed by atoms with Crippen LogP contribution in [-0.2, 0) is 14.4 Å². The fourth-order valence-corrected chi connectivity index (χ4v) is 4.29. The first kappa shape index (κ1) is 34.4. The predicted molar refractivity (Wildman–Crippen MR) is 163 cm³/mol. The van der Waals surface area contributed by atoms with Gasteiger partial charge in [0.1, 0.15) is 17.9 Å². The third kappa shape index (κ3) is 12.9. The molecule has 1 aliphatic carbocycles. The molecule has 0 heterocycles. The van der Waals surface area contributed by atoms with Gasteiger partial charge in [-0.1, -0.05) is 92.4 Å². The summed E-state index contributed by atoms with van der Waals surface area (Å²) in [6, 6.07) is 16.1. The molecule has 40 heavy (non-hydrogen) atoms. The molecule has 0 bridgehead atoms. The third-order valence-corrected chi connectivity index (χ3v) is 6.13. The number of benzene rings is 2. The first-order chi connectivity index (χ1) is 19.3. The minimum Gasteiger partial charge on any atom is -0.492 e. The van der Waals surface area contributed by atoms with Crippen molar-refractivity contribution in [1.82, 2.24) is 21.3 Å². The molecule has 1 aliphatic rings. The molecule has 1 saturated carbocycles. The molecule has 0 aromatic heterocycles. The summed E-state index contributed by atoms with van der Waals surface area (Å²) >= 11 is 0. The molecule has 8 nitrogen and oxygen atoms in total. The molecule has 0 radical (unpaired) electrons.